The highest BCUT2D eigenvalue weighted by Crippen LogP contribution is 2.36. The lowest BCUT2D eigenvalue weighted by molar-refractivity contribution is -0.126. The van der Waals surface area contributed by atoms with Crippen LogP contribution in [0.25, 0.3) is 0 Å². The van der Waals surface area contributed by atoms with Crippen LogP contribution in [-0.2, 0) is 17.8 Å². The van der Waals surface area contributed by atoms with Crippen molar-refractivity contribution < 1.29 is 14.3 Å². The van der Waals surface area contributed by atoms with Gasteiger partial charge in [0, 0.05) is 24.2 Å². The van der Waals surface area contributed by atoms with Gasteiger partial charge in [0.15, 0.2) is 0 Å². The minimum absolute atomic E-state index is 0.181. The van der Waals surface area contributed by atoms with Crippen molar-refractivity contribution in [1.82, 2.24) is 5.32 Å². The molecule has 1 heterocycles. The van der Waals surface area contributed by atoms with Crippen molar-refractivity contribution in [3.8, 4) is 5.75 Å². The third-order valence-corrected chi connectivity index (χ3v) is 5.59. The summed E-state index contributed by atoms with van der Waals surface area (Å²) in [6, 6.07) is 24.4. The van der Waals surface area contributed by atoms with Crippen molar-refractivity contribution in [2.24, 2.45) is 0 Å². The number of nitrogens with zero attached hydrogens (tertiary/aromatic N) is 1. The van der Waals surface area contributed by atoms with Crippen LogP contribution in [0.4, 0.5) is 5.69 Å². The number of rotatable bonds is 5. The summed E-state index contributed by atoms with van der Waals surface area (Å²) in [7, 11) is 1.60. The van der Waals surface area contributed by atoms with Gasteiger partial charge in [0.1, 0.15) is 11.3 Å². The van der Waals surface area contributed by atoms with E-state index in [1.807, 2.05) is 73.7 Å². The zero-order valence-corrected chi connectivity index (χ0v) is 17.1. The first kappa shape index (κ1) is 19.7. The largest absolute Gasteiger partial charge is 0.497 e. The van der Waals surface area contributed by atoms with E-state index in [9.17, 15) is 9.59 Å². The fourth-order valence-electron chi connectivity index (χ4n) is 3.96. The number of carbonyl (C=O) groups excluding carboxylic acids is 2. The molecule has 0 saturated carbocycles. The van der Waals surface area contributed by atoms with Crippen LogP contribution in [0.2, 0.25) is 0 Å². The van der Waals surface area contributed by atoms with Gasteiger partial charge in [0.25, 0.3) is 5.91 Å². The summed E-state index contributed by atoms with van der Waals surface area (Å²) in [4.78, 5) is 28.5. The molecule has 1 aliphatic rings. The Hall–Kier alpha value is -3.60. The van der Waals surface area contributed by atoms with Crippen molar-refractivity contribution in [3.63, 3.8) is 0 Å². The highest BCUT2D eigenvalue weighted by Gasteiger charge is 2.47. The molecule has 0 bridgehead atoms. The minimum atomic E-state index is -1.06. The molecular formula is C25H24N2O3. The molecule has 0 saturated heterocycles. The Balaban J connectivity index is 1.71. The van der Waals surface area contributed by atoms with Gasteiger partial charge in [-0.2, -0.15) is 0 Å². The van der Waals surface area contributed by atoms with Gasteiger partial charge in [-0.15, -0.1) is 0 Å². The van der Waals surface area contributed by atoms with E-state index in [0.29, 0.717) is 30.0 Å². The van der Waals surface area contributed by atoms with Crippen molar-refractivity contribution in [2.75, 3.05) is 12.0 Å². The molecule has 1 aliphatic heterocycles. The van der Waals surface area contributed by atoms with E-state index in [0.717, 1.165) is 11.1 Å². The van der Waals surface area contributed by atoms with Gasteiger partial charge in [0.2, 0.25) is 5.91 Å². The lowest BCUT2D eigenvalue weighted by Gasteiger charge is -2.44. The topological polar surface area (TPSA) is 58.6 Å². The molecular weight excluding hydrogens is 376 g/mol. The molecule has 0 spiro atoms. The minimum Gasteiger partial charge on any atom is -0.497 e. The summed E-state index contributed by atoms with van der Waals surface area (Å²) in [5.41, 5.74) is 2.11. The number of benzene rings is 3. The Labute approximate surface area is 176 Å². The number of methoxy groups -OCH3 is 1. The molecule has 0 fully saturated rings. The van der Waals surface area contributed by atoms with E-state index in [1.54, 1.807) is 24.1 Å². The Bertz CT molecular complexity index is 1060. The molecule has 152 valence electrons. The van der Waals surface area contributed by atoms with Crippen molar-refractivity contribution in [2.45, 2.75) is 25.4 Å². The molecule has 5 heteroatoms. The molecule has 1 unspecified atom stereocenters. The number of fused-ring (bicyclic) bond motifs is 1. The second-order valence-corrected chi connectivity index (χ2v) is 7.61. The second kappa shape index (κ2) is 8.03. The molecule has 5 nitrogen and oxygen atoms in total. The Morgan fingerprint density at radius 2 is 1.67 bits per heavy atom. The first-order chi connectivity index (χ1) is 14.5. The van der Waals surface area contributed by atoms with Crippen LogP contribution < -0.4 is 15.0 Å². The van der Waals surface area contributed by atoms with Crippen LogP contribution >= 0.6 is 0 Å². The maximum Gasteiger partial charge on any atom is 0.259 e. The summed E-state index contributed by atoms with van der Waals surface area (Å²) in [6.07, 6.45) is 0.432. The predicted molar refractivity (Wildman–Crippen MR) is 117 cm³/mol. The van der Waals surface area contributed by atoms with Gasteiger partial charge >= 0.3 is 0 Å². The quantitative estimate of drug-likeness (QED) is 0.705. The van der Waals surface area contributed by atoms with Crippen LogP contribution in [0.1, 0.15) is 28.4 Å². The van der Waals surface area contributed by atoms with Crippen molar-refractivity contribution in [1.29, 1.82) is 0 Å². The maximum atomic E-state index is 13.5. The second-order valence-electron chi connectivity index (χ2n) is 7.61. The Morgan fingerprint density at radius 3 is 2.37 bits per heavy atom. The predicted octanol–water partition coefficient (Wildman–Crippen LogP) is 3.97. The third kappa shape index (κ3) is 3.54. The molecule has 2 amide bonds. The van der Waals surface area contributed by atoms with Gasteiger partial charge < -0.3 is 10.1 Å². The van der Waals surface area contributed by atoms with E-state index >= 15 is 0 Å². The van der Waals surface area contributed by atoms with Gasteiger partial charge in [-0.05, 0) is 48.4 Å². The molecule has 3 aromatic rings. The molecule has 3 aromatic carbocycles. The fraction of sp³-hybridized carbons (Fsp3) is 0.200. The third-order valence-electron chi connectivity index (χ3n) is 5.59. The van der Waals surface area contributed by atoms with Gasteiger partial charge in [-0.1, -0.05) is 48.5 Å². The number of amides is 2. The van der Waals surface area contributed by atoms with Gasteiger partial charge in [-0.25, -0.2) is 0 Å². The zero-order valence-electron chi connectivity index (χ0n) is 17.1. The summed E-state index contributed by atoms with van der Waals surface area (Å²) in [5, 5.41) is 3.03. The van der Waals surface area contributed by atoms with E-state index in [-0.39, 0.29) is 11.8 Å². The molecule has 0 aromatic heterocycles. The summed E-state index contributed by atoms with van der Waals surface area (Å²) >= 11 is 0. The van der Waals surface area contributed by atoms with Gasteiger partial charge in [-0.3, -0.25) is 14.5 Å². The van der Waals surface area contributed by atoms with Crippen LogP contribution in [0, 0.1) is 0 Å². The van der Waals surface area contributed by atoms with Crippen molar-refractivity contribution >= 4 is 17.5 Å². The Kier molecular flexibility index (Phi) is 5.27. The number of carbonyl (C=O) groups is 2. The number of ether oxygens (including phenoxy) is 1. The number of hydrogen-bond acceptors (Lipinski definition) is 3. The van der Waals surface area contributed by atoms with Gasteiger partial charge in [0.05, 0.1) is 7.11 Å². The molecule has 1 atom stereocenters. The smallest absolute Gasteiger partial charge is 0.259 e. The Morgan fingerprint density at radius 1 is 1.00 bits per heavy atom. The lowest BCUT2D eigenvalue weighted by Crippen LogP contribution is -2.63. The van der Waals surface area contributed by atoms with E-state index in [4.69, 9.17) is 4.74 Å². The first-order valence-corrected chi connectivity index (χ1v) is 9.92. The van der Waals surface area contributed by atoms with Crippen molar-refractivity contribution in [3.05, 3.63) is 95.6 Å². The molecule has 1 N–H and O–H groups in total. The molecule has 4 rings (SSSR count). The fourth-order valence-corrected chi connectivity index (χ4v) is 3.96. The number of nitrogens with one attached hydrogen (secondary N) is 1. The van der Waals surface area contributed by atoms with Crippen LogP contribution in [0.15, 0.2) is 78.9 Å². The standard InChI is InChI=1S/C25H24N2O3/c1-25(24(29)26-17-18-8-4-3-5-9-18)16-19-10-6-7-11-22(19)23(28)27(25)20-12-14-21(30-2)15-13-20/h3-15H,16-17H2,1-2H3,(H,26,29). The number of hydrogen-bond donors (Lipinski definition) is 1. The average Bonchev–Trinajstić information content (AvgIpc) is 2.78. The first-order valence-electron chi connectivity index (χ1n) is 9.92. The lowest BCUT2D eigenvalue weighted by atomic mass is 9.82. The highest BCUT2D eigenvalue weighted by atomic mass is 16.5. The average molecular weight is 400 g/mol. The monoisotopic (exact) mass is 400 g/mol. The summed E-state index contributed by atoms with van der Waals surface area (Å²) in [5.74, 6) is 0.322. The molecule has 0 aliphatic carbocycles. The zero-order chi connectivity index (χ0) is 21.1. The maximum absolute atomic E-state index is 13.5. The number of anilines is 1. The normalized spacial score (nSPS) is 17.9. The van der Waals surface area contributed by atoms with Crippen LogP contribution in [-0.4, -0.2) is 24.5 Å². The SMILES string of the molecule is COc1ccc(N2C(=O)c3ccccc3CC2(C)C(=O)NCc2ccccc2)cc1. The van der Waals surface area contributed by atoms with E-state index in [2.05, 4.69) is 5.32 Å². The van der Waals surface area contributed by atoms with Crippen LogP contribution in [0.3, 0.4) is 0 Å². The van der Waals surface area contributed by atoms with E-state index in [1.165, 1.54) is 0 Å². The molecule has 30 heavy (non-hydrogen) atoms. The van der Waals surface area contributed by atoms with E-state index < -0.39 is 5.54 Å². The summed E-state index contributed by atoms with van der Waals surface area (Å²) in [6.45, 7) is 2.23. The summed E-state index contributed by atoms with van der Waals surface area (Å²) < 4.78 is 5.24. The molecule has 0 radical (unpaired) electrons. The van der Waals surface area contributed by atoms with Crippen LogP contribution in [0.5, 0.6) is 5.75 Å². The highest BCUT2D eigenvalue weighted by molar-refractivity contribution is 6.14.